The third-order valence-electron chi connectivity index (χ3n) is 1.93. The molecule has 0 aliphatic carbocycles. The summed E-state index contributed by atoms with van der Waals surface area (Å²) in [4.78, 5) is 6.04. The van der Waals surface area contributed by atoms with E-state index in [1.165, 1.54) is 6.39 Å². The summed E-state index contributed by atoms with van der Waals surface area (Å²) in [5.74, 6) is 0.863. The van der Waals surface area contributed by atoms with Crippen LogP contribution in [-0.4, -0.2) is 30.5 Å². The molecule has 0 aromatic carbocycles. The molecule has 1 atom stereocenters. The van der Waals surface area contributed by atoms with Gasteiger partial charge in [0.15, 0.2) is 6.39 Å². The predicted molar refractivity (Wildman–Crippen MR) is 46.7 cm³/mol. The molecule has 0 amide bonds. The Morgan fingerprint density at radius 3 is 2.67 bits per heavy atom. The lowest BCUT2D eigenvalue weighted by Crippen LogP contribution is -2.27. The van der Waals surface area contributed by atoms with Crippen LogP contribution < -0.4 is 5.73 Å². The molecule has 1 unspecified atom stereocenters. The van der Waals surface area contributed by atoms with Crippen molar-refractivity contribution in [3.8, 4) is 0 Å². The molecule has 1 aromatic rings. The molecule has 0 saturated heterocycles. The molecule has 0 aliphatic heterocycles. The monoisotopic (exact) mass is 169 g/mol. The van der Waals surface area contributed by atoms with Gasteiger partial charge >= 0.3 is 0 Å². The first-order valence-electron chi connectivity index (χ1n) is 3.93. The van der Waals surface area contributed by atoms with E-state index < -0.39 is 0 Å². The number of hydrogen-bond acceptors (Lipinski definition) is 4. The second-order valence-corrected chi connectivity index (χ2v) is 3.02. The third kappa shape index (κ3) is 1.65. The van der Waals surface area contributed by atoms with Crippen LogP contribution in [0.15, 0.2) is 10.8 Å². The molecular formula is C8H15N3O. The minimum atomic E-state index is 0.132. The zero-order chi connectivity index (χ0) is 9.14. The van der Waals surface area contributed by atoms with Crippen LogP contribution in [0.25, 0.3) is 0 Å². The molecule has 0 saturated carbocycles. The fourth-order valence-corrected chi connectivity index (χ4v) is 1.18. The van der Waals surface area contributed by atoms with Crippen LogP contribution in [0.1, 0.15) is 17.5 Å². The number of rotatable bonds is 3. The minimum absolute atomic E-state index is 0.132. The van der Waals surface area contributed by atoms with E-state index in [-0.39, 0.29) is 6.04 Å². The zero-order valence-electron chi connectivity index (χ0n) is 7.74. The molecule has 0 aliphatic rings. The largest absolute Gasteiger partial charge is 0.446 e. The highest BCUT2D eigenvalue weighted by Crippen LogP contribution is 2.19. The number of likely N-dealkylation sites (N-methyl/N-ethyl adjacent to an activating group) is 1. The van der Waals surface area contributed by atoms with Gasteiger partial charge in [0.25, 0.3) is 0 Å². The molecule has 0 spiro atoms. The van der Waals surface area contributed by atoms with Crippen molar-refractivity contribution in [2.75, 3.05) is 20.6 Å². The second-order valence-electron chi connectivity index (χ2n) is 3.02. The predicted octanol–water partition coefficient (Wildman–Crippen LogP) is 0.544. The van der Waals surface area contributed by atoms with Gasteiger partial charge in [-0.05, 0) is 21.0 Å². The number of aryl methyl sites for hydroxylation is 1. The van der Waals surface area contributed by atoms with Crippen molar-refractivity contribution in [3.63, 3.8) is 0 Å². The lowest BCUT2D eigenvalue weighted by Gasteiger charge is -2.20. The second kappa shape index (κ2) is 3.69. The number of aromatic nitrogens is 1. The normalized spacial score (nSPS) is 13.8. The van der Waals surface area contributed by atoms with Gasteiger partial charge in [-0.25, -0.2) is 4.98 Å². The van der Waals surface area contributed by atoms with E-state index in [1.54, 1.807) is 0 Å². The van der Waals surface area contributed by atoms with E-state index in [0.29, 0.717) is 6.54 Å². The Kier molecular flexibility index (Phi) is 2.83. The quantitative estimate of drug-likeness (QED) is 0.717. The van der Waals surface area contributed by atoms with E-state index in [2.05, 4.69) is 4.98 Å². The van der Waals surface area contributed by atoms with Gasteiger partial charge in [0.05, 0.1) is 11.7 Å². The first-order chi connectivity index (χ1) is 5.66. The van der Waals surface area contributed by atoms with E-state index in [4.69, 9.17) is 10.2 Å². The summed E-state index contributed by atoms with van der Waals surface area (Å²) in [5, 5.41) is 0. The van der Waals surface area contributed by atoms with Crippen LogP contribution in [-0.2, 0) is 0 Å². The Labute approximate surface area is 72.4 Å². The zero-order valence-corrected chi connectivity index (χ0v) is 7.74. The summed E-state index contributed by atoms with van der Waals surface area (Å²) in [5.41, 5.74) is 6.52. The highest BCUT2D eigenvalue weighted by molar-refractivity contribution is 5.10. The fraction of sp³-hybridized carbons (Fsp3) is 0.625. The van der Waals surface area contributed by atoms with Gasteiger partial charge in [0, 0.05) is 6.54 Å². The first kappa shape index (κ1) is 9.22. The Morgan fingerprint density at radius 2 is 2.33 bits per heavy atom. The van der Waals surface area contributed by atoms with Crippen LogP contribution in [0.5, 0.6) is 0 Å². The summed E-state index contributed by atoms with van der Waals surface area (Å²) < 4.78 is 5.25. The average Bonchev–Trinajstić information content (AvgIpc) is 2.38. The van der Waals surface area contributed by atoms with Crippen LogP contribution >= 0.6 is 0 Å². The average molecular weight is 169 g/mol. The Balaban J connectivity index is 2.87. The number of oxazole rings is 1. The molecule has 1 rings (SSSR count). The lowest BCUT2D eigenvalue weighted by molar-refractivity contribution is 0.263. The molecule has 4 nitrogen and oxygen atoms in total. The summed E-state index contributed by atoms with van der Waals surface area (Å²) in [6.45, 7) is 2.47. The van der Waals surface area contributed by atoms with Gasteiger partial charge < -0.3 is 10.2 Å². The standard InChI is InChI=1S/C8H15N3O/c1-6-8(12-5-10-6)7(4-9)11(2)3/h5,7H,4,9H2,1-3H3. The minimum Gasteiger partial charge on any atom is -0.446 e. The molecular weight excluding hydrogens is 154 g/mol. The SMILES string of the molecule is Cc1ncoc1C(CN)N(C)C. The third-order valence-corrected chi connectivity index (χ3v) is 1.93. The first-order valence-corrected chi connectivity index (χ1v) is 3.93. The van der Waals surface area contributed by atoms with Gasteiger partial charge in [-0.2, -0.15) is 0 Å². The van der Waals surface area contributed by atoms with Crippen molar-refractivity contribution in [3.05, 3.63) is 17.8 Å². The smallest absolute Gasteiger partial charge is 0.181 e. The van der Waals surface area contributed by atoms with Crippen LogP contribution in [0.2, 0.25) is 0 Å². The van der Waals surface area contributed by atoms with Crippen molar-refractivity contribution in [1.82, 2.24) is 9.88 Å². The molecule has 12 heavy (non-hydrogen) atoms. The molecule has 0 fully saturated rings. The van der Waals surface area contributed by atoms with E-state index in [0.717, 1.165) is 11.5 Å². The van der Waals surface area contributed by atoms with Crippen molar-refractivity contribution < 1.29 is 4.42 Å². The maximum atomic E-state index is 5.60. The fourth-order valence-electron chi connectivity index (χ4n) is 1.18. The summed E-state index contributed by atoms with van der Waals surface area (Å²) in [7, 11) is 3.94. The highest BCUT2D eigenvalue weighted by atomic mass is 16.3. The number of nitrogens with two attached hydrogens (primary N) is 1. The van der Waals surface area contributed by atoms with E-state index >= 15 is 0 Å². The number of hydrogen-bond donors (Lipinski definition) is 1. The maximum absolute atomic E-state index is 5.60. The summed E-state index contributed by atoms with van der Waals surface area (Å²) >= 11 is 0. The molecule has 2 N–H and O–H groups in total. The lowest BCUT2D eigenvalue weighted by atomic mass is 10.2. The Hall–Kier alpha value is -0.870. The molecule has 4 heteroatoms. The van der Waals surface area contributed by atoms with Gasteiger partial charge in [0.2, 0.25) is 0 Å². The summed E-state index contributed by atoms with van der Waals surface area (Å²) in [6, 6.07) is 0.132. The van der Waals surface area contributed by atoms with Crippen molar-refractivity contribution in [2.24, 2.45) is 5.73 Å². The highest BCUT2D eigenvalue weighted by Gasteiger charge is 2.17. The van der Waals surface area contributed by atoms with Crippen LogP contribution in [0, 0.1) is 6.92 Å². The maximum Gasteiger partial charge on any atom is 0.181 e. The van der Waals surface area contributed by atoms with E-state index in [9.17, 15) is 0 Å². The Morgan fingerprint density at radius 1 is 1.67 bits per heavy atom. The van der Waals surface area contributed by atoms with Crippen molar-refractivity contribution in [1.29, 1.82) is 0 Å². The summed E-state index contributed by atoms with van der Waals surface area (Å²) in [6.07, 6.45) is 1.46. The Bertz CT molecular complexity index is 244. The van der Waals surface area contributed by atoms with Crippen LogP contribution in [0.3, 0.4) is 0 Å². The molecule has 68 valence electrons. The van der Waals surface area contributed by atoms with Gasteiger partial charge in [-0.1, -0.05) is 0 Å². The molecule has 1 heterocycles. The van der Waals surface area contributed by atoms with Gasteiger partial charge in [-0.3, -0.25) is 4.90 Å². The topological polar surface area (TPSA) is 55.3 Å². The molecule has 0 bridgehead atoms. The van der Waals surface area contributed by atoms with Gasteiger partial charge in [-0.15, -0.1) is 0 Å². The van der Waals surface area contributed by atoms with Crippen molar-refractivity contribution >= 4 is 0 Å². The van der Waals surface area contributed by atoms with Gasteiger partial charge in [0.1, 0.15) is 5.76 Å². The van der Waals surface area contributed by atoms with Crippen molar-refractivity contribution in [2.45, 2.75) is 13.0 Å². The van der Waals surface area contributed by atoms with E-state index in [1.807, 2.05) is 25.9 Å². The molecule has 1 aromatic heterocycles. The molecule has 0 radical (unpaired) electrons. The van der Waals surface area contributed by atoms with Crippen LogP contribution in [0.4, 0.5) is 0 Å². The number of nitrogens with zero attached hydrogens (tertiary/aromatic N) is 2.